The van der Waals surface area contributed by atoms with Crippen LogP contribution in [0.5, 0.6) is 0 Å². The minimum Gasteiger partial charge on any atom is -0.455 e. The molecule has 0 saturated heterocycles. The van der Waals surface area contributed by atoms with Gasteiger partial charge in [0.25, 0.3) is 0 Å². The van der Waals surface area contributed by atoms with Crippen molar-refractivity contribution in [2.24, 2.45) is 0 Å². The van der Waals surface area contributed by atoms with E-state index in [9.17, 15) is 0 Å². The Labute approximate surface area is 291 Å². The molecule has 0 unspecified atom stereocenters. The molecule has 0 bridgehead atoms. The fourth-order valence-corrected chi connectivity index (χ4v) is 7.69. The van der Waals surface area contributed by atoms with Crippen molar-refractivity contribution in [1.29, 1.82) is 0 Å². The summed E-state index contributed by atoms with van der Waals surface area (Å²) in [5, 5.41) is 6.48. The lowest BCUT2D eigenvalue weighted by Crippen LogP contribution is -2.02. The van der Waals surface area contributed by atoms with Gasteiger partial charge in [-0.25, -0.2) is 9.97 Å². The van der Waals surface area contributed by atoms with Crippen LogP contribution in [0.25, 0.3) is 105 Å². The van der Waals surface area contributed by atoms with Gasteiger partial charge in [0.05, 0.1) is 27.7 Å². The fraction of sp³-hybridized carbons (Fsp3) is 0. The first-order valence-corrected chi connectivity index (χ1v) is 17.1. The number of hydrogen-bond donors (Lipinski definition) is 0. The molecule has 238 valence electrons. The number of para-hydroxylation sites is 4. The van der Waals surface area contributed by atoms with Gasteiger partial charge in [0.2, 0.25) is 0 Å². The van der Waals surface area contributed by atoms with Gasteiger partial charge in [-0.15, -0.1) is 0 Å². The molecule has 0 aliphatic carbocycles. The van der Waals surface area contributed by atoms with E-state index < -0.39 is 0 Å². The van der Waals surface area contributed by atoms with Gasteiger partial charge in [-0.1, -0.05) is 121 Å². The summed E-state index contributed by atoms with van der Waals surface area (Å²) in [6, 6.07) is 56.5. The molecule has 11 rings (SSSR count). The molecule has 0 aliphatic heterocycles. The quantitative estimate of drug-likeness (QED) is 0.190. The molecule has 51 heavy (non-hydrogen) atoms. The number of benzene rings is 7. The van der Waals surface area contributed by atoms with Crippen LogP contribution in [0, 0.1) is 0 Å². The highest BCUT2D eigenvalue weighted by molar-refractivity contribution is 6.23. The first kappa shape index (κ1) is 27.9. The fourth-order valence-electron chi connectivity index (χ4n) is 7.69. The normalized spacial score (nSPS) is 11.9. The van der Waals surface area contributed by atoms with Crippen molar-refractivity contribution in [3.8, 4) is 39.6 Å². The Kier molecular flexibility index (Phi) is 5.89. The Morgan fingerprint density at radius 3 is 1.80 bits per heavy atom. The Bertz CT molecular complexity index is 3130. The summed E-state index contributed by atoms with van der Waals surface area (Å²) in [6.45, 7) is 0. The van der Waals surface area contributed by atoms with Crippen molar-refractivity contribution in [3.05, 3.63) is 164 Å². The van der Waals surface area contributed by atoms with E-state index in [2.05, 4.69) is 132 Å². The molecule has 0 atom stereocenters. The molecule has 4 aromatic heterocycles. The van der Waals surface area contributed by atoms with E-state index >= 15 is 0 Å². The van der Waals surface area contributed by atoms with E-state index in [1.54, 1.807) is 0 Å². The SMILES string of the molecule is c1ccc(-c2ccc(-c3cc(-n4c5ccccc5c5c6oc7ccccc7c6ccc54)nc(-c4cccc5c4oc4ccccc45)n3)cc2)cc1. The maximum absolute atomic E-state index is 6.58. The summed E-state index contributed by atoms with van der Waals surface area (Å²) < 4.78 is 15.3. The largest absolute Gasteiger partial charge is 0.455 e. The molecule has 0 fully saturated rings. The average Bonchev–Trinajstić information content (AvgIpc) is 3.88. The molecular weight excluding hydrogens is 627 g/mol. The maximum atomic E-state index is 6.58. The van der Waals surface area contributed by atoms with Crippen LogP contribution in [0.3, 0.4) is 0 Å². The van der Waals surface area contributed by atoms with E-state index in [1.807, 2.05) is 36.4 Å². The van der Waals surface area contributed by atoms with E-state index in [-0.39, 0.29) is 0 Å². The van der Waals surface area contributed by atoms with Crippen LogP contribution in [0.2, 0.25) is 0 Å². The van der Waals surface area contributed by atoms with Crippen molar-refractivity contribution < 1.29 is 8.83 Å². The van der Waals surface area contributed by atoms with Crippen LogP contribution >= 0.6 is 0 Å². The van der Waals surface area contributed by atoms with Crippen LogP contribution < -0.4 is 0 Å². The zero-order valence-electron chi connectivity index (χ0n) is 27.2. The van der Waals surface area contributed by atoms with Crippen molar-refractivity contribution in [2.75, 3.05) is 0 Å². The standard InChI is InChI=1S/C46H27N3O2/c1-2-11-28(12-3-1)29-21-23-30(24-22-29)37-27-42(48-46(47-37)36-17-10-16-33-31-13-5-8-19-40(31)50-44(33)36)49-38-18-7-4-15-35(38)43-39(49)26-25-34-32-14-6-9-20-41(32)51-45(34)43/h1-27H. The molecule has 0 radical (unpaired) electrons. The smallest absolute Gasteiger partial charge is 0.165 e. The highest BCUT2D eigenvalue weighted by atomic mass is 16.3. The zero-order chi connectivity index (χ0) is 33.5. The van der Waals surface area contributed by atoms with Crippen LogP contribution in [0.1, 0.15) is 0 Å². The summed E-state index contributed by atoms with van der Waals surface area (Å²) in [5.74, 6) is 1.35. The second kappa shape index (κ2) is 10.8. The molecule has 0 N–H and O–H groups in total. The Balaban J connectivity index is 1.20. The van der Waals surface area contributed by atoms with Gasteiger partial charge in [-0.3, -0.25) is 4.57 Å². The molecule has 11 aromatic rings. The second-order valence-electron chi connectivity index (χ2n) is 12.9. The third-order valence-electron chi connectivity index (χ3n) is 10.1. The molecule has 5 nitrogen and oxygen atoms in total. The predicted octanol–water partition coefficient (Wildman–Crippen LogP) is 12.4. The van der Waals surface area contributed by atoms with Crippen molar-refractivity contribution >= 4 is 65.7 Å². The number of furan rings is 2. The lowest BCUT2D eigenvalue weighted by atomic mass is 10.0. The number of aromatic nitrogens is 3. The number of fused-ring (bicyclic) bond motifs is 10. The van der Waals surface area contributed by atoms with Gasteiger partial charge >= 0.3 is 0 Å². The topological polar surface area (TPSA) is 57.0 Å². The Morgan fingerprint density at radius 2 is 1.02 bits per heavy atom. The monoisotopic (exact) mass is 653 g/mol. The number of hydrogen-bond acceptors (Lipinski definition) is 4. The van der Waals surface area contributed by atoms with Gasteiger partial charge in [-0.2, -0.15) is 0 Å². The summed E-state index contributed by atoms with van der Waals surface area (Å²) in [4.78, 5) is 10.6. The highest BCUT2D eigenvalue weighted by Gasteiger charge is 2.22. The first-order valence-electron chi connectivity index (χ1n) is 17.1. The number of rotatable bonds is 4. The third-order valence-corrected chi connectivity index (χ3v) is 10.1. The first-order chi connectivity index (χ1) is 25.3. The summed E-state index contributed by atoms with van der Waals surface area (Å²) >= 11 is 0. The van der Waals surface area contributed by atoms with Gasteiger partial charge in [0.15, 0.2) is 5.82 Å². The van der Waals surface area contributed by atoms with E-state index in [1.165, 1.54) is 5.56 Å². The molecule has 0 saturated carbocycles. The van der Waals surface area contributed by atoms with E-state index in [4.69, 9.17) is 18.8 Å². The highest BCUT2D eigenvalue weighted by Crippen LogP contribution is 2.41. The maximum Gasteiger partial charge on any atom is 0.165 e. The summed E-state index contributed by atoms with van der Waals surface area (Å²) in [7, 11) is 0. The molecular formula is C46H27N3O2. The lowest BCUT2D eigenvalue weighted by molar-refractivity contribution is 0.669. The molecule has 0 amide bonds. The van der Waals surface area contributed by atoms with Crippen LogP contribution in [-0.4, -0.2) is 14.5 Å². The lowest BCUT2D eigenvalue weighted by Gasteiger charge is -2.12. The van der Waals surface area contributed by atoms with Gasteiger partial charge in [-0.05, 0) is 47.5 Å². The van der Waals surface area contributed by atoms with Gasteiger partial charge < -0.3 is 8.83 Å². The molecule has 0 aliphatic rings. The van der Waals surface area contributed by atoms with Crippen molar-refractivity contribution in [2.45, 2.75) is 0 Å². The van der Waals surface area contributed by atoms with Gasteiger partial charge in [0, 0.05) is 38.6 Å². The average molecular weight is 654 g/mol. The summed E-state index contributed by atoms with van der Waals surface area (Å²) in [6.07, 6.45) is 0. The minimum atomic E-state index is 0.593. The van der Waals surface area contributed by atoms with E-state index in [0.29, 0.717) is 5.82 Å². The Hall–Kier alpha value is -6.98. The van der Waals surface area contributed by atoms with Gasteiger partial charge in [0.1, 0.15) is 28.1 Å². The van der Waals surface area contributed by atoms with Crippen molar-refractivity contribution in [1.82, 2.24) is 14.5 Å². The summed E-state index contributed by atoms with van der Waals surface area (Å²) in [5.41, 5.74) is 10.4. The van der Waals surface area contributed by atoms with E-state index in [0.717, 1.165) is 93.9 Å². The van der Waals surface area contributed by atoms with Crippen LogP contribution in [-0.2, 0) is 0 Å². The zero-order valence-corrected chi connectivity index (χ0v) is 27.2. The Morgan fingerprint density at radius 1 is 0.412 bits per heavy atom. The third kappa shape index (κ3) is 4.22. The van der Waals surface area contributed by atoms with Crippen LogP contribution in [0.4, 0.5) is 0 Å². The molecule has 7 aromatic carbocycles. The molecule has 0 spiro atoms. The number of nitrogens with zero attached hydrogens (tertiary/aromatic N) is 3. The minimum absolute atomic E-state index is 0.593. The predicted molar refractivity (Wildman–Crippen MR) is 207 cm³/mol. The molecule has 4 heterocycles. The second-order valence-corrected chi connectivity index (χ2v) is 12.9. The van der Waals surface area contributed by atoms with Crippen molar-refractivity contribution in [3.63, 3.8) is 0 Å². The molecule has 5 heteroatoms. The van der Waals surface area contributed by atoms with Crippen LogP contribution in [0.15, 0.2) is 173 Å².